The van der Waals surface area contributed by atoms with E-state index in [0.29, 0.717) is 17.7 Å². The Hall–Kier alpha value is -4.09. The fourth-order valence-electron chi connectivity index (χ4n) is 4.48. The highest BCUT2D eigenvalue weighted by atomic mass is 16.5. The van der Waals surface area contributed by atoms with Crippen molar-refractivity contribution in [3.8, 4) is 0 Å². The molecule has 3 aliphatic rings. The second-order valence-corrected chi connectivity index (χ2v) is 7.39. The molecule has 3 atom stereocenters. The van der Waals surface area contributed by atoms with Gasteiger partial charge in [-0.3, -0.25) is 14.5 Å². The number of primary amides is 2. The number of aliphatic carboxylic acids is 1. The van der Waals surface area contributed by atoms with Crippen LogP contribution in [0.5, 0.6) is 0 Å². The molecule has 12 nitrogen and oxygen atoms in total. The molecule has 31 heavy (non-hydrogen) atoms. The number of benzene rings is 1. The summed E-state index contributed by atoms with van der Waals surface area (Å²) in [6.45, 7) is -0.128. The molecule has 0 spiro atoms. The van der Waals surface area contributed by atoms with E-state index >= 15 is 0 Å². The number of hydrogen-bond acceptors (Lipinski definition) is 6. The van der Waals surface area contributed by atoms with Gasteiger partial charge in [0.15, 0.2) is 0 Å². The number of carboxylic acids is 1. The van der Waals surface area contributed by atoms with Gasteiger partial charge in [-0.25, -0.2) is 14.4 Å². The average Bonchev–Trinajstić information content (AvgIpc) is 3.04. The number of ether oxygens (including phenoxy) is 1. The van der Waals surface area contributed by atoms with Crippen LogP contribution in [0.3, 0.4) is 0 Å². The van der Waals surface area contributed by atoms with Gasteiger partial charge in [-0.2, -0.15) is 0 Å². The van der Waals surface area contributed by atoms with Crippen molar-refractivity contribution < 1.29 is 33.8 Å². The van der Waals surface area contributed by atoms with Crippen LogP contribution in [0.25, 0.3) is 0 Å². The standard InChI is InChI=1S/C19H19N5O7/c20-15(25)8-1-3-9(4-2-8)22-19(30)23-6-5-10-11(7-31-18(21)29)13(17(27)28)24-12(10)14(23)16(24)26/h1-4,10,12,14H,5-7H2,(H2,20,25)(H2,21,29)(H,22,30)(H,27,28)/t10?,12-,14+/m1/s1. The topological polar surface area (TPSA) is 185 Å². The molecule has 6 N–H and O–H groups in total. The van der Waals surface area contributed by atoms with Crippen LogP contribution in [0, 0.1) is 5.92 Å². The van der Waals surface area contributed by atoms with Crippen LogP contribution in [-0.4, -0.2) is 70.0 Å². The molecule has 0 aromatic heterocycles. The maximum absolute atomic E-state index is 12.8. The first-order chi connectivity index (χ1) is 14.7. The summed E-state index contributed by atoms with van der Waals surface area (Å²) < 4.78 is 4.79. The van der Waals surface area contributed by atoms with Gasteiger partial charge in [-0.1, -0.05) is 0 Å². The SMILES string of the molecule is NC(=O)OCC1=C(C(=O)O)N2C(=O)[C@@H]3[C@H]2C1CCN3C(=O)Nc1ccc(C(N)=O)cc1. The number of carbonyl (C=O) groups excluding carboxylic acids is 4. The van der Waals surface area contributed by atoms with Gasteiger partial charge in [0.25, 0.3) is 5.91 Å². The van der Waals surface area contributed by atoms with E-state index in [1.165, 1.54) is 29.2 Å². The first kappa shape index (κ1) is 20.2. The summed E-state index contributed by atoms with van der Waals surface area (Å²) in [7, 11) is 0. The van der Waals surface area contributed by atoms with Crippen LogP contribution < -0.4 is 16.8 Å². The van der Waals surface area contributed by atoms with Gasteiger partial charge in [-0.15, -0.1) is 0 Å². The summed E-state index contributed by atoms with van der Waals surface area (Å²) in [5.41, 5.74) is 11.0. The first-order valence-electron chi connectivity index (χ1n) is 9.40. The summed E-state index contributed by atoms with van der Waals surface area (Å²) in [6, 6.07) is 4.06. The molecule has 3 heterocycles. The van der Waals surface area contributed by atoms with Crippen molar-refractivity contribution in [3.05, 3.63) is 41.1 Å². The second kappa shape index (κ2) is 7.31. The molecule has 1 unspecified atom stereocenters. The van der Waals surface area contributed by atoms with Crippen LogP contribution in [-0.2, 0) is 14.3 Å². The third-order valence-corrected chi connectivity index (χ3v) is 5.79. The van der Waals surface area contributed by atoms with Crippen LogP contribution >= 0.6 is 0 Å². The minimum Gasteiger partial charge on any atom is -0.477 e. The van der Waals surface area contributed by atoms with Crippen LogP contribution in [0.1, 0.15) is 16.8 Å². The number of carbonyl (C=O) groups is 5. The van der Waals surface area contributed by atoms with Crippen LogP contribution in [0.2, 0.25) is 0 Å². The summed E-state index contributed by atoms with van der Waals surface area (Å²) in [6.07, 6.45) is -0.665. The highest BCUT2D eigenvalue weighted by Gasteiger charge is 2.64. The smallest absolute Gasteiger partial charge is 0.404 e. The predicted molar refractivity (Wildman–Crippen MR) is 103 cm³/mol. The third-order valence-electron chi connectivity index (χ3n) is 5.79. The lowest BCUT2D eigenvalue weighted by Crippen LogP contribution is -2.74. The second-order valence-electron chi connectivity index (χ2n) is 7.39. The number of nitrogens with zero attached hydrogens (tertiary/aromatic N) is 2. The number of nitrogens with one attached hydrogen (secondary N) is 1. The Bertz CT molecular complexity index is 1030. The zero-order valence-corrected chi connectivity index (χ0v) is 16.1. The molecule has 162 valence electrons. The van der Waals surface area contributed by atoms with Gasteiger partial charge in [-0.05, 0) is 30.7 Å². The van der Waals surface area contributed by atoms with Crippen molar-refractivity contribution in [1.82, 2.24) is 9.80 Å². The van der Waals surface area contributed by atoms with E-state index in [-0.39, 0.29) is 30.3 Å². The number of hydrogen-bond donors (Lipinski definition) is 4. The molecule has 5 amide bonds. The number of amides is 5. The monoisotopic (exact) mass is 429 g/mol. The number of rotatable bonds is 5. The van der Waals surface area contributed by atoms with E-state index < -0.39 is 42.0 Å². The third kappa shape index (κ3) is 3.21. The maximum Gasteiger partial charge on any atom is 0.404 e. The van der Waals surface area contributed by atoms with Crippen molar-refractivity contribution in [1.29, 1.82) is 0 Å². The molecule has 0 saturated carbocycles. The molecule has 0 bridgehead atoms. The zero-order chi connectivity index (χ0) is 22.4. The van der Waals surface area contributed by atoms with E-state index in [0.717, 1.165) is 4.90 Å². The lowest BCUT2D eigenvalue weighted by atomic mass is 9.78. The van der Waals surface area contributed by atoms with E-state index in [4.69, 9.17) is 16.2 Å². The lowest BCUT2D eigenvalue weighted by molar-refractivity contribution is -0.160. The van der Waals surface area contributed by atoms with Gasteiger partial charge in [0, 0.05) is 29.3 Å². The minimum atomic E-state index is -1.31. The molecular weight excluding hydrogens is 410 g/mol. The fraction of sp³-hybridized carbons (Fsp3) is 0.316. The highest BCUT2D eigenvalue weighted by Crippen LogP contribution is 2.49. The number of nitrogens with two attached hydrogens (primary N) is 2. The van der Waals surface area contributed by atoms with Crippen molar-refractivity contribution in [2.24, 2.45) is 17.4 Å². The first-order valence-corrected chi connectivity index (χ1v) is 9.40. The quantitative estimate of drug-likeness (QED) is 0.461. The number of piperidine rings is 1. The molecule has 0 radical (unpaired) electrons. The Morgan fingerprint density at radius 1 is 1.16 bits per heavy atom. The van der Waals surface area contributed by atoms with E-state index in [1.807, 2.05) is 0 Å². The van der Waals surface area contributed by atoms with Gasteiger partial charge in [0.05, 0.1) is 6.04 Å². The van der Waals surface area contributed by atoms with Gasteiger partial charge < -0.3 is 31.5 Å². The fourth-order valence-corrected chi connectivity index (χ4v) is 4.48. The lowest BCUT2D eigenvalue weighted by Gasteiger charge is -2.53. The number of likely N-dealkylation sites (tertiary alicyclic amines) is 1. The largest absolute Gasteiger partial charge is 0.477 e. The molecule has 1 aromatic rings. The Labute approximate surface area is 175 Å². The molecule has 3 aliphatic heterocycles. The van der Waals surface area contributed by atoms with Crippen molar-refractivity contribution in [2.45, 2.75) is 18.5 Å². The normalized spacial score (nSPS) is 23.7. The van der Waals surface area contributed by atoms with E-state index in [9.17, 15) is 29.1 Å². The highest BCUT2D eigenvalue weighted by molar-refractivity contribution is 6.04. The Morgan fingerprint density at radius 3 is 2.42 bits per heavy atom. The molecule has 12 heteroatoms. The number of anilines is 1. The summed E-state index contributed by atoms with van der Waals surface area (Å²) in [5.74, 6) is -2.78. The van der Waals surface area contributed by atoms with Crippen LogP contribution in [0.15, 0.2) is 35.5 Å². The Kier molecular flexibility index (Phi) is 4.76. The summed E-state index contributed by atoms with van der Waals surface area (Å²) in [4.78, 5) is 62.0. The van der Waals surface area contributed by atoms with Crippen molar-refractivity contribution in [2.75, 3.05) is 18.5 Å². The van der Waals surface area contributed by atoms with Crippen molar-refractivity contribution in [3.63, 3.8) is 0 Å². The predicted octanol–water partition coefficient (Wildman–Crippen LogP) is -0.334. The molecule has 2 saturated heterocycles. The van der Waals surface area contributed by atoms with E-state index in [2.05, 4.69) is 5.32 Å². The molecule has 4 rings (SSSR count). The molecule has 2 fully saturated rings. The van der Waals surface area contributed by atoms with Gasteiger partial charge in [0.2, 0.25) is 5.91 Å². The number of β-lactam (4-membered cyclic amide) rings is 1. The summed E-state index contributed by atoms with van der Waals surface area (Å²) >= 11 is 0. The Balaban J connectivity index is 1.52. The zero-order valence-electron chi connectivity index (χ0n) is 16.1. The maximum atomic E-state index is 12.8. The molecule has 1 aromatic carbocycles. The van der Waals surface area contributed by atoms with Gasteiger partial charge in [0.1, 0.15) is 18.3 Å². The minimum absolute atomic E-state index is 0.198. The molecular formula is C19H19N5O7. The number of carboxylic acid groups (broad SMARTS) is 1. The summed E-state index contributed by atoms with van der Waals surface area (Å²) in [5, 5.41) is 12.3. The number of urea groups is 1. The molecule has 0 aliphatic carbocycles. The van der Waals surface area contributed by atoms with Gasteiger partial charge >= 0.3 is 18.1 Å². The van der Waals surface area contributed by atoms with Crippen LogP contribution in [0.4, 0.5) is 15.3 Å². The average molecular weight is 429 g/mol. The Morgan fingerprint density at radius 2 is 1.84 bits per heavy atom. The van der Waals surface area contributed by atoms with Crippen molar-refractivity contribution >= 4 is 35.6 Å². The van der Waals surface area contributed by atoms with E-state index in [1.54, 1.807) is 0 Å².